The first-order chi connectivity index (χ1) is 9.49. The van der Waals surface area contributed by atoms with Crippen molar-refractivity contribution < 1.29 is 14.5 Å². The average molecular weight is 277 g/mol. The minimum absolute atomic E-state index is 0.0165. The molecule has 1 aliphatic heterocycles. The Balaban J connectivity index is 2.11. The third-order valence-corrected chi connectivity index (χ3v) is 3.08. The van der Waals surface area contributed by atoms with Gasteiger partial charge in [-0.1, -0.05) is 13.8 Å². The smallest absolute Gasteiger partial charge is 0.430 e. The largest absolute Gasteiger partial charge is 0.446 e. The van der Waals surface area contributed by atoms with Crippen LogP contribution in [0.1, 0.15) is 19.4 Å². The normalized spacial score (nSPS) is 18.9. The molecule has 1 aromatic rings. The maximum atomic E-state index is 11.6. The molecule has 7 nitrogen and oxygen atoms in total. The third kappa shape index (κ3) is 2.93. The summed E-state index contributed by atoms with van der Waals surface area (Å²) in [5.41, 5.74) is 0.695. The molecule has 0 aliphatic carbocycles. The van der Waals surface area contributed by atoms with Gasteiger partial charge in [-0.05, 0) is 23.6 Å². The predicted molar refractivity (Wildman–Crippen MR) is 72.5 cm³/mol. The quantitative estimate of drug-likeness (QED) is 0.480. The van der Waals surface area contributed by atoms with Crippen LogP contribution in [0.3, 0.4) is 0 Å². The molecule has 0 bridgehead atoms. The zero-order chi connectivity index (χ0) is 14.7. The van der Waals surface area contributed by atoms with Gasteiger partial charge in [-0.15, -0.1) is 0 Å². The van der Waals surface area contributed by atoms with Crippen LogP contribution in [0, 0.1) is 16.0 Å². The topological polar surface area (TPSA) is 85.0 Å². The van der Waals surface area contributed by atoms with E-state index >= 15 is 0 Å². The van der Waals surface area contributed by atoms with Crippen molar-refractivity contribution in [2.24, 2.45) is 11.0 Å². The summed E-state index contributed by atoms with van der Waals surface area (Å²) < 4.78 is 4.96. The maximum absolute atomic E-state index is 11.6. The summed E-state index contributed by atoms with van der Waals surface area (Å²) >= 11 is 0. The van der Waals surface area contributed by atoms with Gasteiger partial charge in [0.05, 0.1) is 17.2 Å². The lowest BCUT2D eigenvalue weighted by atomic mass is 10.1. The molecule has 1 saturated heterocycles. The second-order valence-corrected chi connectivity index (χ2v) is 4.83. The molecule has 0 radical (unpaired) electrons. The standard InChI is InChI=1S/C13H15N3O4/c1-9(2)12-8-20-13(17)15(12)14-7-10-3-5-11(6-4-10)16(18)19/h3-7,9,12H,8H2,1-2H3/b14-7+/t12-/m1/s1. The van der Waals surface area contributed by atoms with Crippen LogP contribution in [0.2, 0.25) is 0 Å². The lowest BCUT2D eigenvalue weighted by molar-refractivity contribution is -0.384. The summed E-state index contributed by atoms with van der Waals surface area (Å²) in [5.74, 6) is 0.232. The van der Waals surface area contributed by atoms with Crippen LogP contribution >= 0.6 is 0 Å². The molecule has 0 saturated carbocycles. The Labute approximate surface area is 116 Å². The van der Waals surface area contributed by atoms with Gasteiger partial charge in [0, 0.05) is 12.1 Å². The van der Waals surface area contributed by atoms with Crippen molar-refractivity contribution in [3.8, 4) is 0 Å². The lowest BCUT2D eigenvalue weighted by Gasteiger charge is -2.18. The molecule has 0 spiro atoms. The number of nitrogens with zero attached hydrogens (tertiary/aromatic N) is 3. The highest BCUT2D eigenvalue weighted by Gasteiger charge is 2.34. The molecule has 0 aromatic heterocycles. The number of non-ortho nitro benzene ring substituents is 1. The van der Waals surface area contributed by atoms with E-state index < -0.39 is 11.0 Å². The zero-order valence-electron chi connectivity index (χ0n) is 11.2. The second-order valence-electron chi connectivity index (χ2n) is 4.83. The number of hydrazone groups is 1. The van der Waals surface area contributed by atoms with E-state index in [4.69, 9.17) is 4.74 Å². The van der Waals surface area contributed by atoms with Gasteiger partial charge < -0.3 is 4.74 Å². The van der Waals surface area contributed by atoms with E-state index in [0.29, 0.717) is 12.2 Å². The molecule has 1 fully saturated rings. The monoisotopic (exact) mass is 277 g/mol. The number of cyclic esters (lactones) is 1. The van der Waals surface area contributed by atoms with Gasteiger partial charge in [0.1, 0.15) is 6.61 Å². The molecular weight excluding hydrogens is 262 g/mol. The van der Waals surface area contributed by atoms with Crippen LogP contribution < -0.4 is 0 Å². The Morgan fingerprint density at radius 1 is 1.45 bits per heavy atom. The van der Waals surface area contributed by atoms with E-state index in [1.54, 1.807) is 12.1 Å². The van der Waals surface area contributed by atoms with E-state index in [-0.39, 0.29) is 17.6 Å². The van der Waals surface area contributed by atoms with E-state index in [1.807, 2.05) is 13.8 Å². The molecule has 0 N–H and O–H groups in total. The third-order valence-electron chi connectivity index (χ3n) is 3.08. The fraction of sp³-hybridized carbons (Fsp3) is 0.385. The van der Waals surface area contributed by atoms with Crippen LogP contribution in [0.5, 0.6) is 0 Å². The van der Waals surface area contributed by atoms with Crippen molar-refractivity contribution in [2.75, 3.05) is 6.61 Å². The van der Waals surface area contributed by atoms with Gasteiger partial charge in [0.15, 0.2) is 0 Å². The Kier molecular flexibility index (Phi) is 3.97. The summed E-state index contributed by atoms with van der Waals surface area (Å²) in [7, 11) is 0. The number of nitro benzene ring substituents is 1. The molecule has 1 atom stereocenters. The average Bonchev–Trinajstić information content (AvgIpc) is 2.78. The van der Waals surface area contributed by atoms with Crippen molar-refractivity contribution in [3.05, 3.63) is 39.9 Å². The lowest BCUT2D eigenvalue weighted by Crippen LogP contribution is -2.32. The highest BCUT2D eigenvalue weighted by Crippen LogP contribution is 2.19. The Hall–Kier alpha value is -2.44. The van der Waals surface area contributed by atoms with Gasteiger partial charge in [-0.3, -0.25) is 10.1 Å². The number of nitro groups is 1. The zero-order valence-corrected chi connectivity index (χ0v) is 11.2. The van der Waals surface area contributed by atoms with E-state index in [0.717, 1.165) is 0 Å². The summed E-state index contributed by atoms with van der Waals surface area (Å²) in [6, 6.07) is 5.85. The molecule has 20 heavy (non-hydrogen) atoms. The Bertz CT molecular complexity index is 539. The summed E-state index contributed by atoms with van der Waals surface area (Å²) in [5, 5.41) is 16.0. The molecule has 1 aromatic carbocycles. The maximum Gasteiger partial charge on any atom is 0.430 e. The molecule has 1 amide bonds. The van der Waals surface area contributed by atoms with Crippen LogP contribution in [-0.4, -0.2) is 34.9 Å². The fourth-order valence-corrected chi connectivity index (χ4v) is 1.85. The van der Waals surface area contributed by atoms with Crippen molar-refractivity contribution in [2.45, 2.75) is 19.9 Å². The Morgan fingerprint density at radius 3 is 2.65 bits per heavy atom. The van der Waals surface area contributed by atoms with Crippen LogP contribution in [0.4, 0.5) is 10.5 Å². The SMILES string of the molecule is CC(C)[C@H]1COC(=O)N1/N=C/c1ccc([N+](=O)[O-])cc1. The van der Waals surface area contributed by atoms with Crippen molar-refractivity contribution >= 4 is 18.0 Å². The van der Waals surface area contributed by atoms with Gasteiger partial charge in [0.2, 0.25) is 0 Å². The number of rotatable bonds is 4. The highest BCUT2D eigenvalue weighted by atomic mass is 16.6. The number of ether oxygens (including phenoxy) is 1. The van der Waals surface area contributed by atoms with Crippen LogP contribution in [0.25, 0.3) is 0 Å². The highest BCUT2D eigenvalue weighted by molar-refractivity contribution is 5.81. The van der Waals surface area contributed by atoms with Crippen molar-refractivity contribution in [1.82, 2.24) is 5.01 Å². The number of hydrogen-bond acceptors (Lipinski definition) is 5. The fourth-order valence-electron chi connectivity index (χ4n) is 1.85. The van der Waals surface area contributed by atoms with Gasteiger partial charge in [0.25, 0.3) is 5.69 Å². The van der Waals surface area contributed by atoms with E-state index in [2.05, 4.69) is 5.10 Å². The first kappa shape index (κ1) is 14.0. The summed E-state index contributed by atoms with van der Waals surface area (Å²) in [6.07, 6.45) is 1.02. The van der Waals surface area contributed by atoms with Crippen molar-refractivity contribution in [1.29, 1.82) is 0 Å². The Morgan fingerprint density at radius 2 is 2.10 bits per heavy atom. The summed E-state index contributed by atoms with van der Waals surface area (Å²) in [4.78, 5) is 21.6. The van der Waals surface area contributed by atoms with Crippen molar-refractivity contribution in [3.63, 3.8) is 0 Å². The molecule has 106 valence electrons. The van der Waals surface area contributed by atoms with Gasteiger partial charge in [-0.25, -0.2) is 4.79 Å². The van der Waals surface area contributed by atoms with Gasteiger partial charge in [-0.2, -0.15) is 10.1 Å². The first-order valence-electron chi connectivity index (χ1n) is 6.23. The molecule has 1 heterocycles. The molecule has 7 heteroatoms. The molecule has 1 aliphatic rings. The number of amides is 1. The predicted octanol–water partition coefficient (Wildman–Crippen LogP) is 2.41. The number of carbonyl (C=O) groups excluding carboxylic acids is 1. The second kappa shape index (κ2) is 5.68. The number of benzene rings is 1. The first-order valence-corrected chi connectivity index (χ1v) is 6.23. The number of carbonyl (C=O) groups is 1. The van der Waals surface area contributed by atoms with E-state index in [9.17, 15) is 14.9 Å². The van der Waals surface area contributed by atoms with Crippen LogP contribution in [-0.2, 0) is 4.74 Å². The minimum Gasteiger partial charge on any atom is -0.446 e. The molecule has 2 rings (SSSR count). The van der Waals surface area contributed by atoms with E-state index in [1.165, 1.54) is 23.4 Å². The van der Waals surface area contributed by atoms with Gasteiger partial charge >= 0.3 is 6.09 Å². The minimum atomic E-state index is -0.470. The summed E-state index contributed by atoms with van der Waals surface area (Å²) in [6.45, 7) is 4.30. The van der Waals surface area contributed by atoms with Crippen LogP contribution in [0.15, 0.2) is 29.4 Å². The molecular formula is C13H15N3O4. The number of hydrogen-bond donors (Lipinski definition) is 0. The molecule has 0 unspecified atom stereocenters.